The monoisotopic (exact) mass is 253 g/mol. The Balaban J connectivity index is 1.72. The third-order valence-electron chi connectivity index (χ3n) is 4.45. The van der Waals surface area contributed by atoms with E-state index in [-0.39, 0.29) is 0 Å². The average Bonchev–Trinajstić information content (AvgIpc) is 2.32. The van der Waals surface area contributed by atoms with Crippen molar-refractivity contribution in [1.82, 2.24) is 15.1 Å². The van der Waals surface area contributed by atoms with E-state index in [1.165, 1.54) is 58.5 Å². The van der Waals surface area contributed by atoms with Gasteiger partial charge in [-0.05, 0) is 51.2 Å². The van der Waals surface area contributed by atoms with E-state index in [9.17, 15) is 0 Å². The first kappa shape index (κ1) is 14.3. The van der Waals surface area contributed by atoms with Crippen LogP contribution >= 0.6 is 0 Å². The maximum Gasteiger partial charge on any atom is 0.0198 e. The van der Waals surface area contributed by atoms with Crippen LogP contribution in [0.5, 0.6) is 0 Å². The van der Waals surface area contributed by atoms with E-state index < -0.39 is 0 Å². The number of hydrogen-bond donors (Lipinski definition) is 1. The van der Waals surface area contributed by atoms with Gasteiger partial charge in [-0.25, -0.2) is 0 Å². The summed E-state index contributed by atoms with van der Waals surface area (Å²) in [6.45, 7) is 12.3. The van der Waals surface area contributed by atoms with Gasteiger partial charge in [-0.3, -0.25) is 0 Å². The molecule has 2 aliphatic heterocycles. The van der Waals surface area contributed by atoms with Crippen LogP contribution in [0.3, 0.4) is 0 Å². The van der Waals surface area contributed by atoms with Gasteiger partial charge >= 0.3 is 0 Å². The standard InChI is InChI=1S/C15H31N3/c1-13(2)10-15-12-18(9-6-16-15)11-14-4-7-17(3)8-5-14/h13-16H,4-12H2,1-3H3. The van der Waals surface area contributed by atoms with Crippen LogP contribution < -0.4 is 5.32 Å². The molecule has 1 atom stereocenters. The number of hydrogen-bond acceptors (Lipinski definition) is 3. The van der Waals surface area contributed by atoms with Gasteiger partial charge in [0.25, 0.3) is 0 Å². The van der Waals surface area contributed by atoms with Crippen LogP contribution in [0.15, 0.2) is 0 Å². The Bertz CT molecular complexity index is 234. The Hall–Kier alpha value is -0.120. The normalized spacial score (nSPS) is 29.0. The van der Waals surface area contributed by atoms with Gasteiger partial charge in [-0.15, -0.1) is 0 Å². The fourth-order valence-corrected chi connectivity index (χ4v) is 3.40. The third kappa shape index (κ3) is 4.52. The highest BCUT2D eigenvalue weighted by Gasteiger charge is 2.24. The minimum absolute atomic E-state index is 0.727. The van der Waals surface area contributed by atoms with Crippen LogP contribution in [0.2, 0.25) is 0 Å². The molecule has 0 bridgehead atoms. The van der Waals surface area contributed by atoms with E-state index in [1.807, 2.05) is 0 Å². The maximum absolute atomic E-state index is 3.67. The Morgan fingerprint density at radius 2 is 1.89 bits per heavy atom. The first-order valence-corrected chi connectivity index (χ1v) is 7.77. The second kappa shape index (κ2) is 6.88. The van der Waals surface area contributed by atoms with Crippen molar-refractivity contribution in [2.45, 2.75) is 39.2 Å². The van der Waals surface area contributed by atoms with Crippen LogP contribution in [0.4, 0.5) is 0 Å². The summed E-state index contributed by atoms with van der Waals surface area (Å²) in [6, 6.07) is 0.727. The first-order chi connectivity index (χ1) is 8.63. The van der Waals surface area contributed by atoms with Crippen LogP contribution in [-0.2, 0) is 0 Å². The molecule has 0 spiro atoms. The molecule has 2 heterocycles. The molecule has 0 saturated carbocycles. The van der Waals surface area contributed by atoms with Gasteiger partial charge in [0.1, 0.15) is 0 Å². The highest BCUT2D eigenvalue weighted by atomic mass is 15.2. The molecular formula is C15H31N3. The van der Waals surface area contributed by atoms with E-state index in [1.54, 1.807) is 0 Å². The molecule has 0 aromatic carbocycles. The van der Waals surface area contributed by atoms with Gasteiger partial charge in [0.05, 0.1) is 0 Å². The summed E-state index contributed by atoms with van der Waals surface area (Å²) >= 11 is 0. The number of piperazine rings is 1. The minimum Gasteiger partial charge on any atom is -0.311 e. The number of likely N-dealkylation sites (tertiary alicyclic amines) is 1. The van der Waals surface area contributed by atoms with Gasteiger partial charge < -0.3 is 15.1 Å². The molecule has 2 rings (SSSR count). The van der Waals surface area contributed by atoms with Gasteiger partial charge in [0, 0.05) is 32.2 Å². The Morgan fingerprint density at radius 1 is 1.17 bits per heavy atom. The molecule has 106 valence electrons. The number of piperidine rings is 1. The number of rotatable bonds is 4. The quantitative estimate of drug-likeness (QED) is 0.822. The van der Waals surface area contributed by atoms with Crippen molar-refractivity contribution in [1.29, 1.82) is 0 Å². The zero-order valence-electron chi connectivity index (χ0n) is 12.5. The summed E-state index contributed by atoms with van der Waals surface area (Å²) in [7, 11) is 2.25. The summed E-state index contributed by atoms with van der Waals surface area (Å²) in [5, 5.41) is 3.67. The molecule has 2 saturated heterocycles. The molecule has 3 nitrogen and oxygen atoms in total. The van der Waals surface area contributed by atoms with Gasteiger partial charge in [0.15, 0.2) is 0 Å². The summed E-state index contributed by atoms with van der Waals surface area (Å²) < 4.78 is 0. The second-order valence-corrected chi connectivity index (χ2v) is 6.79. The third-order valence-corrected chi connectivity index (χ3v) is 4.45. The summed E-state index contributed by atoms with van der Waals surface area (Å²) in [5.41, 5.74) is 0. The summed E-state index contributed by atoms with van der Waals surface area (Å²) in [6.07, 6.45) is 4.12. The summed E-state index contributed by atoms with van der Waals surface area (Å²) in [5.74, 6) is 1.75. The molecule has 0 aromatic heterocycles. The average molecular weight is 253 g/mol. The van der Waals surface area contributed by atoms with Gasteiger partial charge in [-0.2, -0.15) is 0 Å². The zero-order chi connectivity index (χ0) is 13.0. The largest absolute Gasteiger partial charge is 0.311 e. The highest BCUT2D eigenvalue weighted by molar-refractivity contribution is 4.82. The van der Waals surface area contributed by atoms with Gasteiger partial charge in [-0.1, -0.05) is 13.8 Å². The number of nitrogens with one attached hydrogen (secondary N) is 1. The van der Waals surface area contributed by atoms with E-state index >= 15 is 0 Å². The molecule has 3 heteroatoms. The molecular weight excluding hydrogens is 222 g/mol. The van der Waals surface area contributed by atoms with Crippen molar-refractivity contribution in [3.05, 3.63) is 0 Å². The molecule has 1 N–H and O–H groups in total. The molecule has 2 fully saturated rings. The van der Waals surface area contributed by atoms with Crippen molar-refractivity contribution in [2.75, 3.05) is 46.3 Å². The van der Waals surface area contributed by atoms with Gasteiger partial charge in [0.2, 0.25) is 0 Å². The summed E-state index contributed by atoms with van der Waals surface area (Å²) in [4.78, 5) is 5.18. The van der Waals surface area contributed by atoms with Crippen LogP contribution in [0.1, 0.15) is 33.1 Å². The fourth-order valence-electron chi connectivity index (χ4n) is 3.40. The lowest BCUT2D eigenvalue weighted by Gasteiger charge is -2.38. The van der Waals surface area contributed by atoms with Crippen molar-refractivity contribution in [3.63, 3.8) is 0 Å². The molecule has 0 aromatic rings. The highest BCUT2D eigenvalue weighted by Crippen LogP contribution is 2.18. The minimum atomic E-state index is 0.727. The Labute approximate surface area is 113 Å². The molecule has 0 aliphatic carbocycles. The van der Waals surface area contributed by atoms with E-state index in [2.05, 4.69) is 36.0 Å². The number of nitrogens with zero attached hydrogens (tertiary/aromatic N) is 2. The molecule has 0 radical (unpaired) electrons. The SMILES string of the molecule is CC(C)CC1CN(CC2CCN(C)CC2)CCN1. The van der Waals surface area contributed by atoms with Crippen molar-refractivity contribution in [2.24, 2.45) is 11.8 Å². The lowest BCUT2D eigenvalue weighted by Crippen LogP contribution is -2.52. The Kier molecular flexibility index (Phi) is 5.46. The van der Waals surface area contributed by atoms with Crippen molar-refractivity contribution < 1.29 is 0 Å². The van der Waals surface area contributed by atoms with Crippen molar-refractivity contribution >= 4 is 0 Å². The van der Waals surface area contributed by atoms with Crippen molar-refractivity contribution in [3.8, 4) is 0 Å². The molecule has 1 unspecified atom stereocenters. The zero-order valence-corrected chi connectivity index (χ0v) is 12.5. The van der Waals surface area contributed by atoms with E-state index in [0.717, 1.165) is 17.9 Å². The first-order valence-electron chi connectivity index (χ1n) is 7.77. The van der Waals surface area contributed by atoms with Crippen LogP contribution in [-0.4, -0.2) is 62.2 Å². The lowest BCUT2D eigenvalue weighted by molar-refractivity contribution is 0.129. The Morgan fingerprint density at radius 3 is 2.56 bits per heavy atom. The second-order valence-electron chi connectivity index (χ2n) is 6.79. The molecule has 18 heavy (non-hydrogen) atoms. The molecule has 0 amide bonds. The molecule has 2 aliphatic rings. The van der Waals surface area contributed by atoms with Crippen LogP contribution in [0, 0.1) is 11.8 Å². The fraction of sp³-hybridized carbons (Fsp3) is 1.00. The van der Waals surface area contributed by atoms with Crippen LogP contribution in [0.25, 0.3) is 0 Å². The predicted octanol–water partition coefficient (Wildman–Crippen LogP) is 1.65. The predicted molar refractivity (Wildman–Crippen MR) is 77.9 cm³/mol. The smallest absolute Gasteiger partial charge is 0.0198 e. The topological polar surface area (TPSA) is 18.5 Å². The lowest BCUT2D eigenvalue weighted by atomic mass is 9.95. The maximum atomic E-state index is 3.67. The van der Waals surface area contributed by atoms with E-state index in [0.29, 0.717) is 0 Å². The van der Waals surface area contributed by atoms with E-state index in [4.69, 9.17) is 0 Å².